The molecule has 0 N–H and O–H groups in total. The minimum Gasteiger partial charge on any atom is -0.632 e. The number of anilines is 1. The first-order chi connectivity index (χ1) is 14.0. The summed E-state index contributed by atoms with van der Waals surface area (Å²) in [6.45, 7) is 2.54. The highest BCUT2D eigenvalue weighted by atomic mass is 35.5. The largest absolute Gasteiger partial charge is 0.632 e. The SMILES string of the molecule is Cc1cc(F)c(N2CC[N+]([O-])(Cc3ccc(Cl)cc3)CC2)cc1S(=O)CC(F)(F)F. The van der Waals surface area contributed by atoms with Gasteiger partial charge in [-0.15, -0.1) is 0 Å². The van der Waals surface area contributed by atoms with Gasteiger partial charge in [0.15, 0.2) is 0 Å². The zero-order valence-electron chi connectivity index (χ0n) is 16.2. The third-order valence-corrected chi connectivity index (χ3v) is 6.84. The normalized spacial score (nSPS) is 17.8. The lowest BCUT2D eigenvalue weighted by Crippen LogP contribution is -2.55. The lowest BCUT2D eigenvalue weighted by Gasteiger charge is -2.49. The number of rotatable bonds is 5. The van der Waals surface area contributed by atoms with E-state index >= 15 is 0 Å². The Kier molecular flexibility index (Phi) is 6.76. The third kappa shape index (κ3) is 5.72. The van der Waals surface area contributed by atoms with Gasteiger partial charge in [0.2, 0.25) is 0 Å². The molecule has 1 unspecified atom stereocenters. The molecule has 0 saturated carbocycles. The van der Waals surface area contributed by atoms with Crippen LogP contribution in [0.15, 0.2) is 41.3 Å². The fourth-order valence-corrected chi connectivity index (χ4v) is 4.75. The van der Waals surface area contributed by atoms with Crippen molar-refractivity contribution in [3.8, 4) is 0 Å². The van der Waals surface area contributed by atoms with Crippen LogP contribution in [0.2, 0.25) is 5.02 Å². The molecule has 0 spiro atoms. The molecular formula is C20H21ClF4N2O2S. The first-order valence-electron chi connectivity index (χ1n) is 9.27. The number of piperazine rings is 1. The molecule has 3 rings (SSSR count). The zero-order chi connectivity index (χ0) is 22.1. The Morgan fingerprint density at radius 1 is 1.17 bits per heavy atom. The maximum atomic E-state index is 14.5. The number of hydroxylamine groups is 3. The monoisotopic (exact) mass is 464 g/mol. The number of hydrogen-bond acceptors (Lipinski definition) is 3. The predicted molar refractivity (Wildman–Crippen MR) is 109 cm³/mol. The van der Waals surface area contributed by atoms with Crippen LogP contribution in [0, 0.1) is 17.9 Å². The Morgan fingerprint density at radius 2 is 1.77 bits per heavy atom. The number of benzene rings is 2. The molecule has 0 bridgehead atoms. The number of aryl methyl sites for hydroxylation is 1. The van der Waals surface area contributed by atoms with Gasteiger partial charge in [-0.25, -0.2) is 4.39 Å². The van der Waals surface area contributed by atoms with E-state index in [4.69, 9.17) is 11.6 Å². The van der Waals surface area contributed by atoms with Crippen molar-refractivity contribution >= 4 is 28.1 Å². The Hall–Kier alpha value is -1.68. The third-order valence-electron chi connectivity index (χ3n) is 5.06. The topological polar surface area (TPSA) is 43.4 Å². The average Bonchev–Trinajstić information content (AvgIpc) is 2.63. The van der Waals surface area contributed by atoms with Crippen molar-refractivity contribution in [3.63, 3.8) is 0 Å². The fourth-order valence-electron chi connectivity index (χ4n) is 3.51. The molecule has 1 aliphatic heterocycles. The van der Waals surface area contributed by atoms with Gasteiger partial charge in [0.05, 0.1) is 42.7 Å². The van der Waals surface area contributed by atoms with Gasteiger partial charge in [-0.2, -0.15) is 13.2 Å². The summed E-state index contributed by atoms with van der Waals surface area (Å²) in [6.07, 6.45) is -4.59. The Labute approximate surface area is 179 Å². The van der Waals surface area contributed by atoms with Crippen LogP contribution in [0.1, 0.15) is 11.1 Å². The van der Waals surface area contributed by atoms with Gasteiger partial charge in [0.25, 0.3) is 0 Å². The number of hydrogen-bond donors (Lipinski definition) is 0. The smallest absolute Gasteiger partial charge is 0.400 e. The van der Waals surface area contributed by atoms with Gasteiger partial charge in [0, 0.05) is 15.5 Å². The first kappa shape index (κ1) is 23.0. The van der Waals surface area contributed by atoms with Crippen LogP contribution in [0.5, 0.6) is 0 Å². The molecule has 1 heterocycles. The van der Waals surface area contributed by atoms with E-state index in [1.165, 1.54) is 13.0 Å². The molecule has 10 heteroatoms. The summed E-state index contributed by atoms with van der Waals surface area (Å²) in [4.78, 5) is 1.58. The molecule has 30 heavy (non-hydrogen) atoms. The van der Waals surface area contributed by atoms with E-state index in [9.17, 15) is 27.0 Å². The summed E-state index contributed by atoms with van der Waals surface area (Å²) < 4.78 is 64.1. The van der Waals surface area contributed by atoms with E-state index < -0.39 is 33.2 Å². The molecule has 1 saturated heterocycles. The van der Waals surface area contributed by atoms with Crippen molar-refractivity contribution in [1.29, 1.82) is 0 Å². The fraction of sp³-hybridized carbons (Fsp3) is 0.400. The molecule has 0 amide bonds. The van der Waals surface area contributed by atoms with E-state index in [1.807, 2.05) is 0 Å². The van der Waals surface area contributed by atoms with E-state index in [0.717, 1.165) is 11.6 Å². The Balaban J connectivity index is 1.73. The van der Waals surface area contributed by atoms with Gasteiger partial charge < -0.3 is 14.8 Å². The Bertz CT molecular complexity index is 930. The van der Waals surface area contributed by atoms with Crippen molar-refractivity contribution in [1.82, 2.24) is 0 Å². The van der Waals surface area contributed by atoms with Crippen LogP contribution in [-0.2, 0) is 17.3 Å². The molecular weight excluding hydrogens is 444 g/mol. The highest BCUT2D eigenvalue weighted by Crippen LogP contribution is 2.30. The lowest BCUT2D eigenvalue weighted by atomic mass is 10.1. The number of halogens is 5. The minimum atomic E-state index is -4.59. The molecule has 0 radical (unpaired) electrons. The van der Waals surface area contributed by atoms with Crippen molar-refractivity contribution in [3.05, 3.63) is 63.6 Å². The molecule has 0 aromatic heterocycles. The maximum Gasteiger partial charge on any atom is 0.400 e. The lowest BCUT2D eigenvalue weighted by molar-refractivity contribution is -0.894. The van der Waals surface area contributed by atoms with Gasteiger partial charge in [0.1, 0.15) is 18.1 Å². The van der Waals surface area contributed by atoms with Crippen LogP contribution in [0.3, 0.4) is 0 Å². The predicted octanol–water partition coefficient (Wildman–Crippen LogP) is 4.79. The Morgan fingerprint density at radius 3 is 2.33 bits per heavy atom. The maximum absolute atomic E-state index is 14.5. The van der Waals surface area contributed by atoms with Crippen LogP contribution in [0.4, 0.5) is 23.2 Å². The minimum absolute atomic E-state index is 0.0432. The molecule has 1 aliphatic rings. The second-order valence-electron chi connectivity index (χ2n) is 7.45. The quantitative estimate of drug-likeness (QED) is 0.363. The average molecular weight is 465 g/mol. The van der Waals surface area contributed by atoms with Gasteiger partial charge in [-0.05, 0) is 36.8 Å². The summed E-state index contributed by atoms with van der Waals surface area (Å²) in [5.74, 6) is -2.09. The van der Waals surface area contributed by atoms with Crippen LogP contribution in [-0.4, -0.2) is 47.0 Å². The summed E-state index contributed by atoms with van der Waals surface area (Å²) in [5.41, 5.74) is 1.12. The van der Waals surface area contributed by atoms with E-state index in [-0.39, 0.29) is 48.9 Å². The van der Waals surface area contributed by atoms with Crippen molar-refractivity contribution in [2.75, 3.05) is 36.8 Å². The van der Waals surface area contributed by atoms with Crippen molar-refractivity contribution < 1.29 is 26.4 Å². The van der Waals surface area contributed by atoms with Crippen LogP contribution < -0.4 is 4.90 Å². The van der Waals surface area contributed by atoms with Gasteiger partial charge in [-0.1, -0.05) is 23.7 Å². The van der Waals surface area contributed by atoms with E-state index in [0.29, 0.717) is 5.02 Å². The molecule has 1 fully saturated rings. The standard InChI is InChI=1S/C20H21ClF4N2O2S/c1-14-10-17(22)18(11-19(14)30(29)13-20(23,24)25)26-6-8-27(28,9-7-26)12-15-2-4-16(21)5-3-15/h2-5,10-11H,6-9,12-13H2,1H3. The highest BCUT2D eigenvalue weighted by Gasteiger charge is 2.33. The number of quaternary nitrogens is 1. The van der Waals surface area contributed by atoms with Gasteiger partial charge >= 0.3 is 6.18 Å². The number of nitrogens with zero attached hydrogens (tertiary/aromatic N) is 2. The second-order valence-corrected chi connectivity index (χ2v) is 9.31. The summed E-state index contributed by atoms with van der Waals surface area (Å²) in [6, 6.07) is 9.31. The molecule has 2 aromatic carbocycles. The van der Waals surface area contributed by atoms with Crippen molar-refractivity contribution in [2.45, 2.75) is 24.5 Å². The van der Waals surface area contributed by atoms with Crippen molar-refractivity contribution in [2.24, 2.45) is 0 Å². The molecule has 4 nitrogen and oxygen atoms in total. The molecule has 2 aromatic rings. The second kappa shape index (κ2) is 8.82. The molecule has 1 atom stereocenters. The number of alkyl halides is 3. The summed E-state index contributed by atoms with van der Waals surface area (Å²) in [7, 11) is -2.33. The summed E-state index contributed by atoms with van der Waals surface area (Å²) in [5, 5.41) is 13.6. The van der Waals surface area contributed by atoms with Crippen LogP contribution >= 0.6 is 11.6 Å². The molecule has 0 aliphatic carbocycles. The van der Waals surface area contributed by atoms with E-state index in [2.05, 4.69) is 0 Å². The van der Waals surface area contributed by atoms with Crippen LogP contribution in [0.25, 0.3) is 0 Å². The van der Waals surface area contributed by atoms with E-state index in [1.54, 1.807) is 29.2 Å². The molecule has 164 valence electrons. The van der Waals surface area contributed by atoms with Gasteiger partial charge in [-0.3, -0.25) is 4.21 Å². The highest BCUT2D eigenvalue weighted by molar-refractivity contribution is 7.85. The summed E-state index contributed by atoms with van der Waals surface area (Å²) >= 11 is 5.86. The first-order valence-corrected chi connectivity index (χ1v) is 11.0. The zero-order valence-corrected chi connectivity index (χ0v) is 17.8.